The predicted molar refractivity (Wildman–Crippen MR) is 94.3 cm³/mol. The van der Waals surface area contributed by atoms with Crippen LogP contribution in [0.1, 0.15) is 34.8 Å². The average molecular weight is 362 g/mol. The number of nitrogens with one attached hydrogen (secondary N) is 2. The van der Waals surface area contributed by atoms with Gasteiger partial charge in [-0.1, -0.05) is 11.3 Å². The lowest BCUT2D eigenvalue weighted by Gasteiger charge is -2.14. The molecular weight excluding hydrogens is 340 g/mol. The van der Waals surface area contributed by atoms with E-state index in [2.05, 4.69) is 20.9 Å². The monoisotopic (exact) mass is 362 g/mol. The molecule has 0 unspecified atom stereocenters. The standard InChI is InChI=1S/C16H22N6O2S/c1-3-17-15(23)13-7-12(8-18-13)22-10-11(19-20-22)9-21(2)16(24)14-5-4-6-25-14/h4-6,10,12-13,18H,3,7-9H2,1-2H3,(H,17,23)/t12-,13-/m0/s1. The summed E-state index contributed by atoms with van der Waals surface area (Å²) in [6, 6.07) is 3.57. The first kappa shape index (κ1) is 17.6. The van der Waals surface area contributed by atoms with Crippen molar-refractivity contribution in [2.75, 3.05) is 20.1 Å². The fourth-order valence-corrected chi connectivity index (χ4v) is 3.60. The zero-order valence-corrected chi connectivity index (χ0v) is 15.1. The van der Waals surface area contributed by atoms with Crippen LogP contribution in [0.4, 0.5) is 0 Å². The molecule has 2 aromatic rings. The van der Waals surface area contributed by atoms with Gasteiger partial charge in [-0.05, 0) is 24.8 Å². The van der Waals surface area contributed by atoms with E-state index < -0.39 is 0 Å². The zero-order valence-electron chi connectivity index (χ0n) is 14.3. The Bertz CT molecular complexity index is 729. The number of aromatic nitrogens is 3. The van der Waals surface area contributed by atoms with E-state index in [0.29, 0.717) is 30.9 Å². The summed E-state index contributed by atoms with van der Waals surface area (Å²) >= 11 is 1.42. The first-order valence-corrected chi connectivity index (χ1v) is 9.17. The highest BCUT2D eigenvalue weighted by Crippen LogP contribution is 2.19. The van der Waals surface area contributed by atoms with E-state index in [9.17, 15) is 9.59 Å². The number of thiophene rings is 1. The summed E-state index contributed by atoms with van der Waals surface area (Å²) < 4.78 is 1.78. The summed E-state index contributed by atoms with van der Waals surface area (Å²) in [4.78, 5) is 26.5. The molecule has 0 bridgehead atoms. The summed E-state index contributed by atoms with van der Waals surface area (Å²) in [5, 5.41) is 16.3. The number of carbonyl (C=O) groups is 2. The van der Waals surface area contributed by atoms with Crippen molar-refractivity contribution in [1.29, 1.82) is 0 Å². The molecule has 2 aromatic heterocycles. The SMILES string of the molecule is CCNC(=O)[C@@H]1C[C@H](n2cc(CN(C)C(=O)c3cccs3)nn2)CN1. The Labute approximate surface area is 150 Å². The van der Waals surface area contributed by atoms with Crippen molar-refractivity contribution >= 4 is 23.2 Å². The van der Waals surface area contributed by atoms with Gasteiger partial charge in [-0.15, -0.1) is 16.4 Å². The summed E-state index contributed by atoms with van der Waals surface area (Å²) in [6.07, 6.45) is 2.53. The largest absolute Gasteiger partial charge is 0.355 e. The molecule has 0 aliphatic carbocycles. The third kappa shape index (κ3) is 4.05. The molecule has 0 spiro atoms. The first-order valence-electron chi connectivity index (χ1n) is 8.29. The number of rotatable bonds is 6. The number of hydrogen-bond acceptors (Lipinski definition) is 6. The van der Waals surface area contributed by atoms with Gasteiger partial charge in [0.05, 0.1) is 29.7 Å². The fourth-order valence-electron chi connectivity index (χ4n) is 2.88. The van der Waals surface area contributed by atoms with Gasteiger partial charge in [-0.25, -0.2) is 4.68 Å². The van der Waals surface area contributed by atoms with Crippen molar-refractivity contribution in [2.24, 2.45) is 0 Å². The minimum atomic E-state index is -0.194. The average Bonchev–Trinajstić information content (AvgIpc) is 3.34. The highest BCUT2D eigenvalue weighted by Gasteiger charge is 2.30. The van der Waals surface area contributed by atoms with Crippen LogP contribution in [0.25, 0.3) is 0 Å². The molecule has 0 aromatic carbocycles. The minimum absolute atomic E-state index is 0.0200. The summed E-state index contributed by atoms with van der Waals surface area (Å²) in [6.45, 7) is 3.60. The molecule has 1 saturated heterocycles. The molecule has 2 N–H and O–H groups in total. The summed E-state index contributed by atoms with van der Waals surface area (Å²) in [5.74, 6) is -0.00463. The Morgan fingerprint density at radius 3 is 3.08 bits per heavy atom. The lowest BCUT2D eigenvalue weighted by atomic mass is 10.1. The van der Waals surface area contributed by atoms with Gasteiger partial charge in [0.15, 0.2) is 0 Å². The molecule has 1 aliphatic heterocycles. The van der Waals surface area contributed by atoms with Crippen molar-refractivity contribution < 1.29 is 9.59 Å². The third-order valence-corrected chi connectivity index (χ3v) is 5.04. The van der Waals surface area contributed by atoms with Crippen LogP contribution < -0.4 is 10.6 Å². The Morgan fingerprint density at radius 1 is 1.52 bits per heavy atom. The van der Waals surface area contributed by atoms with Crippen LogP contribution in [0.2, 0.25) is 0 Å². The van der Waals surface area contributed by atoms with E-state index in [1.807, 2.05) is 30.6 Å². The Kier molecular flexibility index (Phi) is 5.44. The molecule has 2 amide bonds. The summed E-state index contributed by atoms with van der Waals surface area (Å²) in [5.41, 5.74) is 0.730. The van der Waals surface area contributed by atoms with Crippen LogP contribution >= 0.6 is 11.3 Å². The second-order valence-corrected chi connectivity index (χ2v) is 7.02. The van der Waals surface area contributed by atoms with E-state index >= 15 is 0 Å². The predicted octanol–water partition coefficient (Wildman–Crippen LogP) is 0.651. The molecule has 25 heavy (non-hydrogen) atoms. The van der Waals surface area contributed by atoms with Crippen molar-refractivity contribution in [2.45, 2.75) is 32.0 Å². The van der Waals surface area contributed by atoms with Crippen LogP contribution in [-0.4, -0.2) is 57.9 Å². The van der Waals surface area contributed by atoms with Crippen molar-refractivity contribution in [3.8, 4) is 0 Å². The molecule has 0 radical (unpaired) electrons. The number of amides is 2. The molecular formula is C16H22N6O2S. The lowest BCUT2D eigenvalue weighted by molar-refractivity contribution is -0.122. The Hall–Kier alpha value is -2.26. The quantitative estimate of drug-likeness (QED) is 0.787. The van der Waals surface area contributed by atoms with Crippen LogP contribution in [-0.2, 0) is 11.3 Å². The second kappa shape index (κ2) is 7.75. The molecule has 134 valence electrons. The second-order valence-electron chi connectivity index (χ2n) is 6.07. The van der Waals surface area contributed by atoms with E-state index in [-0.39, 0.29) is 23.9 Å². The van der Waals surface area contributed by atoms with Crippen molar-refractivity contribution in [3.05, 3.63) is 34.3 Å². The highest BCUT2D eigenvalue weighted by atomic mass is 32.1. The number of carbonyl (C=O) groups excluding carboxylic acids is 2. The van der Waals surface area contributed by atoms with Crippen LogP contribution in [0, 0.1) is 0 Å². The van der Waals surface area contributed by atoms with Gasteiger partial charge in [-0.2, -0.15) is 0 Å². The topological polar surface area (TPSA) is 92.2 Å². The van der Waals surface area contributed by atoms with Gasteiger partial charge in [0, 0.05) is 20.1 Å². The van der Waals surface area contributed by atoms with Gasteiger partial charge in [0.2, 0.25) is 5.91 Å². The smallest absolute Gasteiger partial charge is 0.264 e. The van der Waals surface area contributed by atoms with Gasteiger partial charge >= 0.3 is 0 Å². The van der Waals surface area contributed by atoms with Crippen molar-refractivity contribution in [1.82, 2.24) is 30.5 Å². The van der Waals surface area contributed by atoms with Crippen LogP contribution in [0.5, 0.6) is 0 Å². The fraction of sp³-hybridized carbons (Fsp3) is 0.500. The Balaban J connectivity index is 1.58. The minimum Gasteiger partial charge on any atom is -0.355 e. The Morgan fingerprint density at radius 2 is 2.36 bits per heavy atom. The molecule has 0 saturated carbocycles. The van der Waals surface area contributed by atoms with Gasteiger partial charge in [0.1, 0.15) is 5.69 Å². The van der Waals surface area contributed by atoms with Gasteiger partial charge < -0.3 is 15.5 Å². The van der Waals surface area contributed by atoms with E-state index in [0.717, 1.165) is 5.69 Å². The van der Waals surface area contributed by atoms with E-state index in [4.69, 9.17) is 0 Å². The van der Waals surface area contributed by atoms with E-state index in [1.165, 1.54) is 11.3 Å². The molecule has 3 rings (SSSR count). The van der Waals surface area contributed by atoms with Crippen LogP contribution in [0.3, 0.4) is 0 Å². The third-order valence-electron chi connectivity index (χ3n) is 4.18. The number of nitrogens with zero attached hydrogens (tertiary/aromatic N) is 4. The molecule has 3 heterocycles. The zero-order chi connectivity index (χ0) is 17.8. The van der Waals surface area contributed by atoms with E-state index in [1.54, 1.807) is 16.6 Å². The lowest BCUT2D eigenvalue weighted by Crippen LogP contribution is -2.40. The molecule has 8 nitrogen and oxygen atoms in total. The van der Waals surface area contributed by atoms with Gasteiger partial charge in [0.25, 0.3) is 5.91 Å². The maximum Gasteiger partial charge on any atom is 0.264 e. The number of likely N-dealkylation sites (N-methyl/N-ethyl adjacent to an activating group) is 1. The summed E-state index contributed by atoms with van der Waals surface area (Å²) in [7, 11) is 1.75. The molecule has 9 heteroatoms. The highest BCUT2D eigenvalue weighted by molar-refractivity contribution is 7.12. The van der Waals surface area contributed by atoms with Gasteiger partial charge in [-0.3, -0.25) is 9.59 Å². The maximum absolute atomic E-state index is 12.3. The normalized spacial score (nSPS) is 19.8. The molecule has 1 fully saturated rings. The maximum atomic E-state index is 12.3. The van der Waals surface area contributed by atoms with Crippen molar-refractivity contribution in [3.63, 3.8) is 0 Å². The first-order chi connectivity index (χ1) is 12.1. The molecule has 1 aliphatic rings. The van der Waals surface area contributed by atoms with Crippen LogP contribution in [0.15, 0.2) is 23.7 Å². The molecule has 2 atom stereocenters. The number of hydrogen-bond donors (Lipinski definition) is 2.